The predicted octanol–water partition coefficient (Wildman–Crippen LogP) is 2.84. The van der Waals surface area contributed by atoms with E-state index in [1.165, 1.54) is 0 Å². The van der Waals surface area contributed by atoms with Gasteiger partial charge < -0.3 is 15.7 Å². The summed E-state index contributed by atoms with van der Waals surface area (Å²) >= 11 is 7.00. The van der Waals surface area contributed by atoms with Crippen molar-refractivity contribution in [3.05, 3.63) is 28.1 Å². The van der Waals surface area contributed by atoms with E-state index in [0.717, 1.165) is 20.9 Å². The highest BCUT2D eigenvalue weighted by Gasteiger charge is 2.24. The van der Waals surface area contributed by atoms with E-state index in [-0.39, 0.29) is 17.1 Å². The van der Waals surface area contributed by atoms with Crippen LogP contribution in [-0.4, -0.2) is 42.0 Å². The quantitative estimate of drug-likeness (QED) is 0.883. The summed E-state index contributed by atoms with van der Waals surface area (Å²) in [5.74, 6) is -0.612. The third-order valence-electron chi connectivity index (χ3n) is 2.90. The summed E-state index contributed by atoms with van der Waals surface area (Å²) < 4.78 is 25.8. The molecule has 21 heavy (non-hydrogen) atoms. The molecule has 0 atom stereocenters. The van der Waals surface area contributed by atoms with Gasteiger partial charge in [0.05, 0.1) is 18.8 Å². The number of fused-ring (bicyclic) bond motifs is 1. The molecular formula is C13H13ClF2N2O2S. The van der Waals surface area contributed by atoms with Crippen LogP contribution in [0.25, 0.3) is 10.1 Å². The second kappa shape index (κ2) is 6.55. The average Bonchev–Trinajstić information content (AvgIpc) is 2.74. The number of hydrogen-bond donors (Lipinski definition) is 2. The van der Waals surface area contributed by atoms with Crippen molar-refractivity contribution in [1.29, 1.82) is 0 Å². The molecule has 1 aromatic carbocycles. The number of benzene rings is 1. The predicted molar refractivity (Wildman–Crippen MR) is 80.2 cm³/mol. The molecular weight excluding hydrogens is 322 g/mol. The maximum atomic E-state index is 12.5. The zero-order valence-corrected chi connectivity index (χ0v) is 12.4. The molecule has 0 aliphatic rings. The molecule has 1 aromatic heterocycles. The Balaban J connectivity index is 2.39. The van der Waals surface area contributed by atoms with Crippen LogP contribution in [0.3, 0.4) is 0 Å². The van der Waals surface area contributed by atoms with Crippen molar-refractivity contribution < 1.29 is 18.7 Å². The molecule has 2 aromatic rings. The van der Waals surface area contributed by atoms with E-state index in [0.29, 0.717) is 10.4 Å². The van der Waals surface area contributed by atoms with Gasteiger partial charge >= 0.3 is 0 Å². The average molecular weight is 335 g/mol. The summed E-state index contributed by atoms with van der Waals surface area (Å²) in [5, 5.41) is 10.0. The third kappa shape index (κ3) is 3.42. The normalized spacial score (nSPS) is 11.3. The van der Waals surface area contributed by atoms with Gasteiger partial charge in [-0.3, -0.25) is 4.79 Å². The summed E-state index contributed by atoms with van der Waals surface area (Å²) in [4.78, 5) is 13.4. The van der Waals surface area contributed by atoms with E-state index in [9.17, 15) is 13.6 Å². The highest BCUT2D eigenvalue weighted by molar-refractivity contribution is 7.21. The Kier molecular flexibility index (Phi) is 4.97. The second-order valence-corrected chi connectivity index (χ2v) is 5.84. The lowest BCUT2D eigenvalue weighted by atomic mass is 10.2. The SMILES string of the molecule is Nc1c(C(=O)N(CCO)CC(F)F)sc2ccc(Cl)cc12. The molecule has 4 nitrogen and oxygen atoms in total. The molecule has 8 heteroatoms. The van der Waals surface area contributed by atoms with E-state index in [1.54, 1.807) is 18.2 Å². The molecule has 0 bridgehead atoms. The summed E-state index contributed by atoms with van der Waals surface area (Å²) in [6, 6.07) is 5.01. The molecule has 0 aliphatic carbocycles. The molecule has 0 saturated carbocycles. The number of nitrogens with two attached hydrogens (primary N) is 1. The zero-order chi connectivity index (χ0) is 15.6. The fraction of sp³-hybridized carbons (Fsp3) is 0.308. The highest BCUT2D eigenvalue weighted by Crippen LogP contribution is 2.36. The number of carbonyl (C=O) groups is 1. The van der Waals surface area contributed by atoms with Crippen molar-refractivity contribution >= 4 is 44.6 Å². The Labute approximate surface area is 128 Å². The van der Waals surface area contributed by atoms with Gasteiger partial charge in [-0.1, -0.05) is 11.6 Å². The van der Waals surface area contributed by atoms with E-state index in [4.69, 9.17) is 22.4 Å². The molecule has 0 aliphatic heterocycles. The molecule has 0 saturated heterocycles. The first-order chi connectivity index (χ1) is 9.93. The standard InChI is InChI=1S/C13H13ClF2N2O2S/c14-7-1-2-9-8(5-7)11(17)12(21-9)13(20)18(3-4-19)6-10(15)16/h1-2,5,10,19H,3-4,6,17H2. The first kappa shape index (κ1) is 15.9. The maximum Gasteiger partial charge on any atom is 0.266 e. The first-order valence-electron chi connectivity index (χ1n) is 6.10. The Morgan fingerprint density at radius 1 is 1.48 bits per heavy atom. The Hall–Kier alpha value is -1.44. The van der Waals surface area contributed by atoms with Crippen molar-refractivity contribution in [2.75, 3.05) is 25.4 Å². The summed E-state index contributed by atoms with van der Waals surface area (Å²) in [6.45, 7) is -1.31. The van der Waals surface area contributed by atoms with Crippen molar-refractivity contribution in [3.63, 3.8) is 0 Å². The van der Waals surface area contributed by atoms with E-state index >= 15 is 0 Å². The fourth-order valence-electron chi connectivity index (χ4n) is 1.95. The van der Waals surface area contributed by atoms with Gasteiger partial charge in [-0.25, -0.2) is 8.78 Å². The maximum absolute atomic E-state index is 12.5. The Morgan fingerprint density at radius 2 is 2.19 bits per heavy atom. The topological polar surface area (TPSA) is 66.6 Å². The van der Waals surface area contributed by atoms with Crippen LogP contribution in [0.4, 0.5) is 14.5 Å². The molecule has 3 N–H and O–H groups in total. The number of carbonyl (C=O) groups excluding carboxylic acids is 1. The highest BCUT2D eigenvalue weighted by atomic mass is 35.5. The van der Waals surface area contributed by atoms with Crippen molar-refractivity contribution in [1.82, 2.24) is 4.90 Å². The number of rotatable bonds is 5. The van der Waals surface area contributed by atoms with Gasteiger partial charge in [0.25, 0.3) is 12.3 Å². The van der Waals surface area contributed by atoms with Gasteiger partial charge in [-0.05, 0) is 18.2 Å². The molecule has 2 rings (SSSR count). The lowest BCUT2D eigenvalue weighted by molar-refractivity contribution is 0.0514. The molecule has 0 unspecified atom stereocenters. The second-order valence-electron chi connectivity index (χ2n) is 4.35. The van der Waals surface area contributed by atoms with Crippen molar-refractivity contribution in [3.8, 4) is 0 Å². The summed E-state index contributed by atoms with van der Waals surface area (Å²) in [5.41, 5.74) is 6.15. The number of aliphatic hydroxyl groups excluding tert-OH is 1. The lowest BCUT2D eigenvalue weighted by Gasteiger charge is -2.20. The Bertz CT molecular complexity index is 663. The van der Waals surface area contributed by atoms with Crippen molar-refractivity contribution in [2.24, 2.45) is 0 Å². The van der Waals surface area contributed by atoms with E-state index < -0.39 is 25.5 Å². The monoisotopic (exact) mass is 334 g/mol. The minimum Gasteiger partial charge on any atom is -0.397 e. The summed E-state index contributed by atoms with van der Waals surface area (Å²) in [7, 11) is 0. The van der Waals surface area contributed by atoms with Gasteiger partial charge in [0.2, 0.25) is 0 Å². The lowest BCUT2D eigenvalue weighted by Crippen LogP contribution is -2.37. The number of amides is 1. The van der Waals surface area contributed by atoms with Crippen LogP contribution in [0, 0.1) is 0 Å². The van der Waals surface area contributed by atoms with Crippen LogP contribution in [0.1, 0.15) is 9.67 Å². The minimum atomic E-state index is -2.68. The Morgan fingerprint density at radius 3 is 2.81 bits per heavy atom. The number of anilines is 1. The smallest absolute Gasteiger partial charge is 0.266 e. The number of aliphatic hydroxyl groups is 1. The van der Waals surface area contributed by atoms with Crippen LogP contribution in [0.15, 0.2) is 18.2 Å². The third-order valence-corrected chi connectivity index (χ3v) is 4.31. The number of nitrogens with zero attached hydrogens (tertiary/aromatic N) is 1. The molecule has 0 spiro atoms. The van der Waals surface area contributed by atoms with E-state index in [1.807, 2.05) is 0 Å². The molecule has 1 amide bonds. The van der Waals surface area contributed by atoms with Gasteiger partial charge in [0.15, 0.2) is 0 Å². The first-order valence-corrected chi connectivity index (χ1v) is 7.29. The van der Waals surface area contributed by atoms with Crippen LogP contribution in [-0.2, 0) is 0 Å². The van der Waals surface area contributed by atoms with Gasteiger partial charge in [-0.2, -0.15) is 0 Å². The number of halogens is 3. The number of nitrogen functional groups attached to an aromatic ring is 1. The van der Waals surface area contributed by atoms with E-state index in [2.05, 4.69) is 0 Å². The minimum absolute atomic E-state index is 0.169. The molecule has 0 fully saturated rings. The molecule has 1 heterocycles. The van der Waals surface area contributed by atoms with Gasteiger partial charge in [-0.15, -0.1) is 11.3 Å². The van der Waals surface area contributed by atoms with Crippen molar-refractivity contribution in [2.45, 2.75) is 6.43 Å². The summed E-state index contributed by atoms with van der Waals surface area (Å²) in [6.07, 6.45) is -2.68. The van der Waals surface area contributed by atoms with Crippen LogP contribution >= 0.6 is 22.9 Å². The fourth-order valence-corrected chi connectivity index (χ4v) is 3.20. The number of alkyl halides is 2. The molecule has 0 radical (unpaired) electrons. The van der Waals surface area contributed by atoms with Crippen LogP contribution in [0.2, 0.25) is 5.02 Å². The van der Waals surface area contributed by atoms with Gasteiger partial charge in [0.1, 0.15) is 4.88 Å². The molecule has 114 valence electrons. The van der Waals surface area contributed by atoms with Gasteiger partial charge in [0, 0.05) is 21.7 Å². The van der Waals surface area contributed by atoms with Crippen LogP contribution < -0.4 is 5.73 Å². The number of hydrogen-bond acceptors (Lipinski definition) is 4. The largest absolute Gasteiger partial charge is 0.397 e. The number of thiophene rings is 1. The van der Waals surface area contributed by atoms with Crippen LogP contribution in [0.5, 0.6) is 0 Å². The zero-order valence-electron chi connectivity index (χ0n) is 10.9.